The first-order chi connectivity index (χ1) is 11.6. The maximum absolute atomic E-state index is 13.7. The number of methoxy groups -OCH3 is 1. The molecule has 0 bridgehead atoms. The van der Waals surface area contributed by atoms with Crippen molar-refractivity contribution >= 4 is 11.6 Å². The van der Waals surface area contributed by atoms with Crippen LogP contribution < -0.4 is 10.1 Å². The standard InChI is InChI=1S/C15H8F7NO2/c1-25-7-4-2-6(3-5-7)14(24)23-13-11(18)9(16)8(15(20,21)22)10(17)12(13)19/h2-5H,1H3,(H,23,24). The molecule has 25 heavy (non-hydrogen) atoms. The van der Waals surface area contributed by atoms with Gasteiger partial charge >= 0.3 is 6.18 Å². The van der Waals surface area contributed by atoms with Crippen LogP contribution >= 0.6 is 0 Å². The highest BCUT2D eigenvalue weighted by Crippen LogP contribution is 2.38. The van der Waals surface area contributed by atoms with Crippen molar-refractivity contribution in [1.82, 2.24) is 0 Å². The average Bonchev–Trinajstić information content (AvgIpc) is 2.55. The van der Waals surface area contributed by atoms with Gasteiger partial charge in [-0.15, -0.1) is 0 Å². The third-order valence-electron chi connectivity index (χ3n) is 3.14. The number of carbonyl (C=O) groups is 1. The quantitative estimate of drug-likeness (QED) is 0.640. The molecule has 0 aliphatic heterocycles. The third kappa shape index (κ3) is 3.52. The van der Waals surface area contributed by atoms with E-state index in [9.17, 15) is 35.5 Å². The Balaban J connectivity index is 2.44. The number of amides is 1. The summed E-state index contributed by atoms with van der Waals surface area (Å²) in [6.45, 7) is 0. The normalized spacial score (nSPS) is 11.4. The summed E-state index contributed by atoms with van der Waals surface area (Å²) in [5.41, 5.74) is -4.56. The van der Waals surface area contributed by atoms with Crippen LogP contribution in [0.1, 0.15) is 15.9 Å². The number of hydrogen-bond donors (Lipinski definition) is 1. The van der Waals surface area contributed by atoms with Gasteiger partial charge in [0.25, 0.3) is 5.91 Å². The van der Waals surface area contributed by atoms with E-state index in [1.165, 1.54) is 36.7 Å². The number of nitrogens with one attached hydrogen (secondary N) is 1. The topological polar surface area (TPSA) is 38.3 Å². The van der Waals surface area contributed by atoms with E-state index in [1.54, 1.807) is 0 Å². The molecule has 10 heteroatoms. The number of halogens is 7. The van der Waals surface area contributed by atoms with Crippen molar-refractivity contribution in [3.8, 4) is 5.75 Å². The van der Waals surface area contributed by atoms with Crippen molar-refractivity contribution in [2.24, 2.45) is 0 Å². The predicted octanol–water partition coefficient (Wildman–Crippen LogP) is 4.52. The summed E-state index contributed by atoms with van der Waals surface area (Å²) in [6.07, 6.45) is -5.66. The van der Waals surface area contributed by atoms with E-state index in [-0.39, 0.29) is 5.56 Å². The molecule has 2 aromatic carbocycles. The number of carbonyl (C=O) groups excluding carboxylic acids is 1. The highest BCUT2D eigenvalue weighted by atomic mass is 19.4. The van der Waals surface area contributed by atoms with Gasteiger partial charge in [-0.2, -0.15) is 13.2 Å². The second-order valence-corrected chi connectivity index (χ2v) is 4.69. The van der Waals surface area contributed by atoms with E-state index in [2.05, 4.69) is 0 Å². The van der Waals surface area contributed by atoms with Crippen LogP contribution in [0, 0.1) is 23.3 Å². The Morgan fingerprint density at radius 1 is 0.920 bits per heavy atom. The molecule has 134 valence electrons. The van der Waals surface area contributed by atoms with Gasteiger partial charge in [-0.05, 0) is 24.3 Å². The lowest BCUT2D eigenvalue weighted by molar-refractivity contribution is -0.143. The first-order valence-electron chi connectivity index (χ1n) is 6.46. The summed E-state index contributed by atoms with van der Waals surface area (Å²) < 4.78 is 96.7. The van der Waals surface area contributed by atoms with Crippen LogP contribution in [0.4, 0.5) is 36.4 Å². The van der Waals surface area contributed by atoms with Gasteiger partial charge in [-0.1, -0.05) is 0 Å². The molecule has 2 rings (SSSR count). The summed E-state index contributed by atoms with van der Waals surface area (Å²) in [5.74, 6) is -10.9. The van der Waals surface area contributed by atoms with Crippen molar-refractivity contribution in [3.63, 3.8) is 0 Å². The predicted molar refractivity (Wildman–Crippen MR) is 72.2 cm³/mol. The molecule has 3 nitrogen and oxygen atoms in total. The minimum absolute atomic E-state index is 0.180. The van der Waals surface area contributed by atoms with E-state index >= 15 is 0 Å². The van der Waals surface area contributed by atoms with Crippen LogP contribution in [0.15, 0.2) is 24.3 Å². The molecular formula is C15H8F7NO2. The Morgan fingerprint density at radius 3 is 1.80 bits per heavy atom. The molecule has 0 atom stereocenters. The molecule has 0 spiro atoms. The van der Waals surface area contributed by atoms with Gasteiger partial charge in [0.05, 0.1) is 7.11 Å². The fraction of sp³-hybridized carbons (Fsp3) is 0.133. The SMILES string of the molecule is COc1ccc(C(=O)Nc2c(F)c(F)c(C(F)(F)F)c(F)c2F)cc1. The Morgan fingerprint density at radius 2 is 1.40 bits per heavy atom. The molecule has 0 unspecified atom stereocenters. The van der Waals surface area contributed by atoms with Crippen LogP contribution in [-0.2, 0) is 6.18 Å². The van der Waals surface area contributed by atoms with E-state index in [4.69, 9.17) is 4.74 Å². The number of alkyl halides is 3. The van der Waals surface area contributed by atoms with Gasteiger partial charge in [-0.25, -0.2) is 17.6 Å². The maximum atomic E-state index is 13.7. The Bertz CT molecular complexity index is 787. The number of benzene rings is 2. The van der Waals surface area contributed by atoms with Crippen LogP contribution in [0.2, 0.25) is 0 Å². The lowest BCUT2D eigenvalue weighted by Crippen LogP contribution is -2.20. The molecule has 0 fully saturated rings. The lowest BCUT2D eigenvalue weighted by Gasteiger charge is -2.14. The zero-order chi connectivity index (χ0) is 18.9. The minimum atomic E-state index is -5.66. The number of hydrogen-bond acceptors (Lipinski definition) is 2. The highest BCUT2D eigenvalue weighted by molar-refractivity contribution is 6.04. The number of ether oxygens (including phenoxy) is 1. The van der Waals surface area contributed by atoms with Crippen LogP contribution in [0.5, 0.6) is 5.75 Å². The van der Waals surface area contributed by atoms with Gasteiger partial charge in [0, 0.05) is 5.56 Å². The molecule has 2 aromatic rings. The summed E-state index contributed by atoms with van der Waals surface area (Å²) in [6, 6.07) is 4.96. The first-order valence-corrected chi connectivity index (χ1v) is 6.46. The highest BCUT2D eigenvalue weighted by Gasteiger charge is 2.42. The van der Waals surface area contributed by atoms with Crippen molar-refractivity contribution in [3.05, 3.63) is 58.7 Å². The molecular weight excluding hydrogens is 359 g/mol. The summed E-state index contributed by atoms with van der Waals surface area (Å²) >= 11 is 0. The molecule has 0 aromatic heterocycles. The molecule has 0 aliphatic carbocycles. The number of rotatable bonds is 3. The number of anilines is 1. The van der Waals surface area contributed by atoms with E-state index < -0.39 is 46.6 Å². The monoisotopic (exact) mass is 367 g/mol. The largest absolute Gasteiger partial charge is 0.497 e. The Labute approximate surface area is 136 Å². The van der Waals surface area contributed by atoms with Crippen LogP contribution in [0.25, 0.3) is 0 Å². The van der Waals surface area contributed by atoms with E-state index in [0.717, 1.165) is 0 Å². The second kappa shape index (κ2) is 6.61. The Hall–Kier alpha value is -2.78. The van der Waals surface area contributed by atoms with Crippen LogP contribution in [0.3, 0.4) is 0 Å². The lowest BCUT2D eigenvalue weighted by atomic mass is 10.1. The fourth-order valence-corrected chi connectivity index (χ4v) is 1.92. The third-order valence-corrected chi connectivity index (χ3v) is 3.14. The van der Waals surface area contributed by atoms with Gasteiger partial charge in [0.2, 0.25) is 0 Å². The van der Waals surface area contributed by atoms with Crippen molar-refractivity contribution in [1.29, 1.82) is 0 Å². The van der Waals surface area contributed by atoms with Crippen molar-refractivity contribution in [2.75, 3.05) is 12.4 Å². The molecule has 0 radical (unpaired) electrons. The molecule has 0 aliphatic rings. The average molecular weight is 367 g/mol. The molecule has 0 saturated heterocycles. The van der Waals surface area contributed by atoms with Crippen molar-refractivity contribution in [2.45, 2.75) is 6.18 Å². The van der Waals surface area contributed by atoms with Crippen LogP contribution in [-0.4, -0.2) is 13.0 Å². The van der Waals surface area contributed by atoms with E-state index in [1.807, 2.05) is 0 Å². The zero-order valence-corrected chi connectivity index (χ0v) is 12.3. The van der Waals surface area contributed by atoms with Gasteiger partial charge < -0.3 is 10.1 Å². The minimum Gasteiger partial charge on any atom is -0.497 e. The zero-order valence-electron chi connectivity index (χ0n) is 12.3. The molecule has 0 heterocycles. The second-order valence-electron chi connectivity index (χ2n) is 4.69. The van der Waals surface area contributed by atoms with Crippen molar-refractivity contribution < 1.29 is 40.3 Å². The van der Waals surface area contributed by atoms with E-state index in [0.29, 0.717) is 5.75 Å². The summed E-state index contributed by atoms with van der Waals surface area (Å²) in [4.78, 5) is 11.9. The summed E-state index contributed by atoms with van der Waals surface area (Å²) in [5, 5.41) is 1.52. The molecule has 1 N–H and O–H groups in total. The van der Waals surface area contributed by atoms with Gasteiger partial charge in [0.1, 0.15) is 17.0 Å². The first kappa shape index (κ1) is 18.6. The summed E-state index contributed by atoms with van der Waals surface area (Å²) in [7, 11) is 1.34. The smallest absolute Gasteiger partial charge is 0.422 e. The maximum Gasteiger partial charge on any atom is 0.422 e. The fourth-order valence-electron chi connectivity index (χ4n) is 1.92. The Kier molecular flexibility index (Phi) is 4.91. The van der Waals surface area contributed by atoms with Gasteiger partial charge in [0.15, 0.2) is 23.3 Å². The van der Waals surface area contributed by atoms with Gasteiger partial charge in [-0.3, -0.25) is 4.79 Å². The molecule has 1 amide bonds. The molecule has 0 saturated carbocycles.